The Morgan fingerprint density at radius 3 is 2.53 bits per heavy atom. The van der Waals surface area contributed by atoms with Gasteiger partial charge in [-0.2, -0.15) is 5.26 Å². The Labute approximate surface area is 178 Å². The highest BCUT2D eigenvalue weighted by Gasteiger charge is 2.13. The van der Waals surface area contributed by atoms with E-state index in [0.717, 1.165) is 24.2 Å². The van der Waals surface area contributed by atoms with Crippen LogP contribution in [-0.4, -0.2) is 32.9 Å². The summed E-state index contributed by atoms with van der Waals surface area (Å²) in [5.74, 6) is 0.607. The van der Waals surface area contributed by atoms with Gasteiger partial charge in [0.2, 0.25) is 0 Å². The quantitative estimate of drug-likeness (QED) is 0.471. The molecule has 1 aliphatic rings. The van der Waals surface area contributed by atoms with Gasteiger partial charge < -0.3 is 14.4 Å². The van der Waals surface area contributed by atoms with Crippen LogP contribution < -0.4 is 9.64 Å². The molecule has 4 rings (SSSR count). The third-order valence-electron chi connectivity index (χ3n) is 5.68. The zero-order chi connectivity index (χ0) is 20.8. The van der Waals surface area contributed by atoms with Gasteiger partial charge in [0.15, 0.2) is 0 Å². The maximum atomic E-state index is 9.79. The van der Waals surface area contributed by atoms with Crippen molar-refractivity contribution in [2.24, 2.45) is 0 Å². The Morgan fingerprint density at radius 2 is 1.73 bits per heavy atom. The van der Waals surface area contributed by atoms with Gasteiger partial charge in [-0.15, -0.1) is 0 Å². The molecular formula is C26H28N2O2. The summed E-state index contributed by atoms with van der Waals surface area (Å²) in [4.78, 5) is 2.48. The second kappa shape index (κ2) is 9.65. The lowest BCUT2D eigenvalue weighted by Crippen LogP contribution is -2.29. The summed E-state index contributed by atoms with van der Waals surface area (Å²) in [5, 5.41) is 12.2. The molecule has 1 fully saturated rings. The van der Waals surface area contributed by atoms with E-state index in [1.165, 1.54) is 35.7 Å². The van der Waals surface area contributed by atoms with E-state index in [-0.39, 0.29) is 0 Å². The van der Waals surface area contributed by atoms with Gasteiger partial charge in [-0.25, -0.2) is 0 Å². The lowest BCUT2D eigenvalue weighted by Gasteiger charge is -2.29. The molecule has 0 amide bonds. The van der Waals surface area contributed by atoms with Gasteiger partial charge in [0.25, 0.3) is 0 Å². The maximum absolute atomic E-state index is 9.79. The monoisotopic (exact) mass is 400 g/mol. The zero-order valence-electron chi connectivity index (χ0n) is 17.6. The summed E-state index contributed by atoms with van der Waals surface area (Å²) >= 11 is 0. The van der Waals surface area contributed by atoms with Crippen LogP contribution in [0.4, 0.5) is 5.69 Å². The van der Waals surface area contributed by atoms with Gasteiger partial charge in [-0.1, -0.05) is 30.3 Å². The number of nitriles is 1. The normalized spacial score (nSPS) is 13.9. The summed E-state index contributed by atoms with van der Waals surface area (Å²) in [5.41, 5.74) is 3.80. The molecule has 0 aromatic heterocycles. The molecule has 154 valence electrons. The second-order valence-corrected chi connectivity index (χ2v) is 7.63. The van der Waals surface area contributed by atoms with Crippen molar-refractivity contribution < 1.29 is 9.47 Å². The van der Waals surface area contributed by atoms with Crippen molar-refractivity contribution in [2.75, 3.05) is 37.8 Å². The minimum Gasteiger partial charge on any atom is -0.490 e. The van der Waals surface area contributed by atoms with Crippen LogP contribution in [0.3, 0.4) is 0 Å². The molecule has 3 aromatic carbocycles. The molecule has 3 aromatic rings. The molecule has 0 atom stereocenters. The van der Waals surface area contributed by atoms with Crippen molar-refractivity contribution in [3.05, 3.63) is 60.2 Å². The Morgan fingerprint density at radius 1 is 0.933 bits per heavy atom. The van der Waals surface area contributed by atoms with E-state index in [4.69, 9.17) is 9.47 Å². The van der Waals surface area contributed by atoms with Crippen molar-refractivity contribution >= 4 is 16.5 Å². The number of benzene rings is 3. The Balaban J connectivity index is 1.62. The first-order chi connectivity index (χ1) is 14.8. The first-order valence-electron chi connectivity index (χ1n) is 10.8. The number of fused-ring (bicyclic) bond motifs is 1. The molecule has 1 aliphatic heterocycles. The minimum atomic E-state index is 0.434. The van der Waals surface area contributed by atoms with E-state index in [1.807, 2.05) is 25.1 Å². The molecule has 1 saturated heterocycles. The smallest absolute Gasteiger partial charge is 0.137 e. The number of nitrogens with zero attached hydrogens (tertiary/aromatic N) is 2. The third-order valence-corrected chi connectivity index (χ3v) is 5.68. The predicted octanol–water partition coefficient (Wildman–Crippen LogP) is 5.78. The maximum Gasteiger partial charge on any atom is 0.137 e. The number of piperidine rings is 1. The van der Waals surface area contributed by atoms with Crippen molar-refractivity contribution in [2.45, 2.75) is 26.2 Å². The fraction of sp³-hybridized carbons (Fsp3) is 0.346. The van der Waals surface area contributed by atoms with Crippen molar-refractivity contribution in [1.82, 2.24) is 0 Å². The Bertz CT molecular complexity index is 1050. The van der Waals surface area contributed by atoms with Gasteiger partial charge in [0, 0.05) is 30.9 Å². The highest BCUT2D eigenvalue weighted by molar-refractivity contribution is 5.91. The van der Waals surface area contributed by atoms with Gasteiger partial charge in [-0.05, 0) is 66.8 Å². The molecule has 1 heterocycles. The SMILES string of the molecule is CCOCCOc1cccc(-c2ccc3cc(N4CCCCC4)ccc3c2)c1C#N. The van der Waals surface area contributed by atoms with E-state index in [1.54, 1.807) is 0 Å². The van der Waals surface area contributed by atoms with E-state index < -0.39 is 0 Å². The van der Waals surface area contributed by atoms with Crippen LogP contribution in [0.5, 0.6) is 5.75 Å². The molecule has 4 nitrogen and oxygen atoms in total. The summed E-state index contributed by atoms with van der Waals surface area (Å²) < 4.78 is 11.1. The van der Waals surface area contributed by atoms with Gasteiger partial charge in [0.05, 0.1) is 6.61 Å². The first kappa shape index (κ1) is 20.3. The van der Waals surface area contributed by atoms with E-state index in [0.29, 0.717) is 31.1 Å². The summed E-state index contributed by atoms with van der Waals surface area (Å²) in [6.07, 6.45) is 3.89. The summed E-state index contributed by atoms with van der Waals surface area (Å²) in [6, 6.07) is 21.2. The van der Waals surface area contributed by atoms with E-state index in [2.05, 4.69) is 47.4 Å². The Hall–Kier alpha value is -3.03. The molecule has 0 bridgehead atoms. The third kappa shape index (κ3) is 4.42. The van der Waals surface area contributed by atoms with E-state index >= 15 is 0 Å². The molecular weight excluding hydrogens is 372 g/mol. The average Bonchev–Trinajstić information content (AvgIpc) is 2.81. The van der Waals surface area contributed by atoms with Gasteiger partial charge in [-0.3, -0.25) is 0 Å². The lowest BCUT2D eigenvalue weighted by atomic mass is 9.96. The van der Waals surface area contributed by atoms with Crippen LogP contribution >= 0.6 is 0 Å². The lowest BCUT2D eigenvalue weighted by molar-refractivity contribution is 0.110. The highest BCUT2D eigenvalue weighted by atomic mass is 16.5. The number of hydrogen-bond donors (Lipinski definition) is 0. The predicted molar refractivity (Wildman–Crippen MR) is 122 cm³/mol. The standard InChI is InChI=1S/C26H28N2O2/c1-2-29-15-16-30-26-8-6-7-24(25(26)19-27)22-10-9-21-18-23(12-11-20(21)17-22)28-13-4-3-5-14-28/h6-12,17-18H,2-5,13-16H2,1H3. The molecule has 0 spiro atoms. The van der Waals surface area contributed by atoms with Crippen LogP contribution in [0.1, 0.15) is 31.7 Å². The molecule has 0 aliphatic carbocycles. The molecule has 0 saturated carbocycles. The number of ether oxygens (including phenoxy) is 2. The first-order valence-corrected chi connectivity index (χ1v) is 10.8. The molecule has 0 N–H and O–H groups in total. The number of rotatable bonds is 7. The van der Waals surface area contributed by atoms with Crippen molar-refractivity contribution in [1.29, 1.82) is 5.26 Å². The summed E-state index contributed by atoms with van der Waals surface area (Å²) in [6.45, 7) is 5.85. The largest absolute Gasteiger partial charge is 0.490 e. The topological polar surface area (TPSA) is 45.5 Å². The van der Waals surface area contributed by atoms with Gasteiger partial charge in [0.1, 0.15) is 24.0 Å². The molecule has 30 heavy (non-hydrogen) atoms. The zero-order valence-corrected chi connectivity index (χ0v) is 17.6. The average molecular weight is 401 g/mol. The van der Waals surface area contributed by atoms with Crippen molar-refractivity contribution in [3.8, 4) is 22.9 Å². The van der Waals surface area contributed by atoms with Crippen LogP contribution in [0, 0.1) is 11.3 Å². The van der Waals surface area contributed by atoms with Crippen LogP contribution in [-0.2, 0) is 4.74 Å². The fourth-order valence-corrected chi connectivity index (χ4v) is 4.11. The molecule has 0 unspecified atom stereocenters. The minimum absolute atomic E-state index is 0.434. The molecule has 4 heteroatoms. The Kier molecular flexibility index (Phi) is 6.51. The number of hydrogen-bond acceptors (Lipinski definition) is 4. The highest BCUT2D eigenvalue weighted by Crippen LogP contribution is 2.33. The fourth-order valence-electron chi connectivity index (χ4n) is 4.11. The van der Waals surface area contributed by atoms with Crippen LogP contribution in [0.2, 0.25) is 0 Å². The second-order valence-electron chi connectivity index (χ2n) is 7.63. The number of anilines is 1. The molecule has 0 radical (unpaired) electrons. The van der Waals surface area contributed by atoms with E-state index in [9.17, 15) is 5.26 Å². The van der Waals surface area contributed by atoms with Gasteiger partial charge >= 0.3 is 0 Å². The summed E-state index contributed by atoms with van der Waals surface area (Å²) in [7, 11) is 0. The van der Waals surface area contributed by atoms with Crippen LogP contribution in [0.15, 0.2) is 54.6 Å². The van der Waals surface area contributed by atoms with Crippen LogP contribution in [0.25, 0.3) is 21.9 Å². The van der Waals surface area contributed by atoms with Crippen molar-refractivity contribution in [3.63, 3.8) is 0 Å².